The predicted molar refractivity (Wildman–Crippen MR) is 109 cm³/mol. The summed E-state index contributed by atoms with van der Waals surface area (Å²) in [5.41, 5.74) is 0.730. The third-order valence-electron chi connectivity index (χ3n) is 5.46. The first-order valence-corrected chi connectivity index (χ1v) is 9.72. The van der Waals surface area contributed by atoms with Crippen molar-refractivity contribution in [1.82, 2.24) is 15.2 Å². The summed E-state index contributed by atoms with van der Waals surface area (Å²) in [5, 5.41) is 10.4. The van der Waals surface area contributed by atoms with Gasteiger partial charge < -0.3 is 4.90 Å². The molecule has 1 N–H and O–H groups in total. The molecule has 0 unspecified atom stereocenters. The highest BCUT2D eigenvalue weighted by Gasteiger charge is 2.40. The van der Waals surface area contributed by atoms with Crippen LogP contribution in [0.3, 0.4) is 0 Å². The van der Waals surface area contributed by atoms with E-state index < -0.39 is 17.8 Å². The molecule has 158 valence electrons. The van der Waals surface area contributed by atoms with Crippen molar-refractivity contribution in [3.05, 3.63) is 60.3 Å². The molecule has 31 heavy (non-hydrogen) atoms. The molecule has 4 heterocycles. The number of amides is 2. The zero-order chi connectivity index (χ0) is 21.6. The highest BCUT2D eigenvalue weighted by molar-refractivity contribution is 6.04. The van der Waals surface area contributed by atoms with Crippen LogP contribution in [-0.4, -0.2) is 40.3 Å². The monoisotopic (exact) mass is 426 g/mol. The molecule has 0 saturated carbocycles. The SMILES string of the molecule is O=C(Nc1cccnn1)N1c2nc(-c3cccc(C(F)(F)F)c3)ccc2N2CC[C@H]1C2. The Morgan fingerprint density at radius 1 is 1.13 bits per heavy atom. The lowest BCUT2D eigenvalue weighted by Crippen LogP contribution is -2.48. The number of anilines is 3. The number of rotatable bonds is 2. The van der Waals surface area contributed by atoms with Crippen LogP contribution in [0, 0.1) is 0 Å². The van der Waals surface area contributed by atoms with Crippen LogP contribution in [0.5, 0.6) is 0 Å². The van der Waals surface area contributed by atoms with E-state index in [4.69, 9.17) is 0 Å². The number of halogens is 3. The highest BCUT2D eigenvalue weighted by atomic mass is 19.4. The minimum absolute atomic E-state index is 0.0894. The van der Waals surface area contributed by atoms with Gasteiger partial charge in [0.2, 0.25) is 0 Å². The van der Waals surface area contributed by atoms with E-state index in [2.05, 4.69) is 25.4 Å². The Morgan fingerprint density at radius 3 is 2.77 bits per heavy atom. The Balaban J connectivity index is 1.54. The molecule has 0 aliphatic carbocycles. The average Bonchev–Trinajstić information content (AvgIpc) is 3.18. The van der Waals surface area contributed by atoms with E-state index >= 15 is 0 Å². The van der Waals surface area contributed by atoms with Crippen molar-refractivity contribution >= 4 is 23.4 Å². The van der Waals surface area contributed by atoms with Gasteiger partial charge >= 0.3 is 12.2 Å². The smallest absolute Gasteiger partial charge is 0.366 e. The largest absolute Gasteiger partial charge is 0.416 e. The van der Waals surface area contributed by atoms with Gasteiger partial charge in [0.05, 0.1) is 23.0 Å². The van der Waals surface area contributed by atoms with Gasteiger partial charge in [-0.15, -0.1) is 5.10 Å². The zero-order valence-electron chi connectivity index (χ0n) is 16.2. The summed E-state index contributed by atoms with van der Waals surface area (Å²) in [7, 11) is 0. The average molecular weight is 426 g/mol. The normalized spacial score (nSPS) is 17.5. The number of hydrogen-bond donors (Lipinski definition) is 1. The molecular weight excluding hydrogens is 409 g/mol. The summed E-state index contributed by atoms with van der Waals surface area (Å²) in [4.78, 5) is 21.4. The number of carbonyl (C=O) groups excluding carboxylic acids is 1. The van der Waals surface area contributed by atoms with Crippen molar-refractivity contribution < 1.29 is 18.0 Å². The third kappa shape index (κ3) is 3.54. The predicted octanol–water partition coefficient (Wildman–Crippen LogP) is 4.19. The Morgan fingerprint density at radius 2 is 2.00 bits per heavy atom. The van der Waals surface area contributed by atoms with Gasteiger partial charge in [-0.1, -0.05) is 12.1 Å². The molecule has 2 aliphatic rings. The van der Waals surface area contributed by atoms with Crippen molar-refractivity contribution in [2.75, 3.05) is 28.2 Å². The lowest BCUT2D eigenvalue weighted by atomic mass is 10.1. The van der Waals surface area contributed by atoms with Gasteiger partial charge in [0.15, 0.2) is 11.6 Å². The van der Waals surface area contributed by atoms with E-state index in [1.807, 2.05) is 6.07 Å². The first kappa shape index (κ1) is 19.3. The van der Waals surface area contributed by atoms with Crippen LogP contribution in [0.15, 0.2) is 54.7 Å². The minimum atomic E-state index is -4.45. The quantitative estimate of drug-likeness (QED) is 0.665. The Bertz CT molecular complexity index is 1140. The molecule has 0 radical (unpaired) electrons. The van der Waals surface area contributed by atoms with Gasteiger partial charge in [0.1, 0.15) is 0 Å². The minimum Gasteiger partial charge on any atom is -0.366 e. The Kier molecular flexibility index (Phi) is 4.49. The van der Waals surface area contributed by atoms with Crippen molar-refractivity contribution in [1.29, 1.82) is 0 Å². The van der Waals surface area contributed by atoms with Crippen LogP contribution in [0.2, 0.25) is 0 Å². The molecule has 1 atom stereocenters. The number of benzene rings is 1. The number of nitrogens with one attached hydrogen (secondary N) is 1. The number of aromatic nitrogens is 3. The number of nitrogens with zero attached hydrogens (tertiary/aromatic N) is 5. The number of fused-ring (bicyclic) bond motifs is 4. The van der Waals surface area contributed by atoms with E-state index in [0.717, 1.165) is 30.8 Å². The van der Waals surface area contributed by atoms with Gasteiger partial charge in [-0.05, 0) is 42.8 Å². The number of urea groups is 1. The van der Waals surface area contributed by atoms with Crippen molar-refractivity contribution in [2.45, 2.75) is 18.6 Å². The molecule has 0 spiro atoms. The lowest BCUT2D eigenvalue weighted by molar-refractivity contribution is -0.137. The first-order chi connectivity index (χ1) is 14.9. The number of pyridine rings is 1. The molecule has 3 aromatic rings. The maximum atomic E-state index is 13.1. The van der Waals surface area contributed by atoms with E-state index in [1.165, 1.54) is 12.3 Å². The molecule has 1 aromatic carbocycles. The summed E-state index contributed by atoms with van der Waals surface area (Å²) in [6.45, 7) is 1.45. The number of hydrogen-bond acceptors (Lipinski definition) is 5. The van der Waals surface area contributed by atoms with Crippen molar-refractivity contribution in [2.24, 2.45) is 0 Å². The summed E-state index contributed by atoms with van der Waals surface area (Å²) in [6, 6.07) is 11.3. The standard InChI is InChI=1S/C21H17F3N6O/c22-21(23,24)14-4-1-3-13(11-14)16-6-7-17-19(26-16)30(15-8-10-29(17)12-15)20(31)27-18-5-2-9-25-28-18/h1-7,9,11,15H,8,10,12H2,(H,27,28,31)/t15-/m0/s1. The molecular formula is C21H17F3N6O. The second-order valence-corrected chi connectivity index (χ2v) is 7.42. The molecule has 2 amide bonds. The Labute approximate surface area is 175 Å². The number of carbonyl (C=O) groups is 1. The summed E-state index contributed by atoms with van der Waals surface area (Å²) >= 11 is 0. The second kappa shape index (κ2) is 7.22. The molecule has 2 bridgehead atoms. The molecule has 2 aliphatic heterocycles. The highest BCUT2D eigenvalue weighted by Crippen LogP contribution is 2.41. The van der Waals surface area contributed by atoms with Crippen LogP contribution in [-0.2, 0) is 6.18 Å². The van der Waals surface area contributed by atoms with E-state index in [1.54, 1.807) is 29.2 Å². The fraction of sp³-hybridized carbons (Fsp3) is 0.238. The molecule has 10 heteroatoms. The van der Waals surface area contributed by atoms with E-state index in [-0.39, 0.29) is 6.04 Å². The Hall–Kier alpha value is -3.69. The fourth-order valence-electron chi connectivity index (χ4n) is 4.03. The maximum absolute atomic E-state index is 13.1. The summed E-state index contributed by atoms with van der Waals surface area (Å²) in [6.07, 6.45) is -2.18. The lowest BCUT2D eigenvalue weighted by Gasteiger charge is -2.35. The maximum Gasteiger partial charge on any atom is 0.416 e. The molecule has 7 nitrogen and oxygen atoms in total. The van der Waals surface area contributed by atoms with Gasteiger partial charge in [0, 0.05) is 24.8 Å². The molecule has 1 fully saturated rings. The van der Waals surface area contributed by atoms with Crippen LogP contribution in [0.25, 0.3) is 11.3 Å². The molecule has 5 rings (SSSR count). The van der Waals surface area contributed by atoms with Gasteiger partial charge in [-0.3, -0.25) is 10.2 Å². The van der Waals surface area contributed by atoms with Crippen LogP contribution >= 0.6 is 0 Å². The van der Waals surface area contributed by atoms with Crippen molar-refractivity contribution in [3.63, 3.8) is 0 Å². The summed E-state index contributed by atoms with van der Waals surface area (Å²) in [5.74, 6) is 0.730. The second-order valence-electron chi connectivity index (χ2n) is 7.42. The van der Waals surface area contributed by atoms with E-state index in [0.29, 0.717) is 29.4 Å². The van der Waals surface area contributed by atoms with Crippen LogP contribution < -0.4 is 15.1 Å². The molecule has 2 aromatic heterocycles. The third-order valence-corrected chi connectivity index (χ3v) is 5.46. The van der Waals surface area contributed by atoms with Gasteiger partial charge in [-0.2, -0.15) is 18.3 Å². The van der Waals surface area contributed by atoms with Crippen molar-refractivity contribution in [3.8, 4) is 11.3 Å². The van der Waals surface area contributed by atoms with Gasteiger partial charge in [-0.25, -0.2) is 9.78 Å². The van der Waals surface area contributed by atoms with Crippen LogP contribution in [0.1, 0.15) is 12.0 Å². The fourth-order valence-corrected chi connectivity index (χ4v) is 4.03. The first-order valence-electron chi connectivity index (χ1n) is 9.72. The zero-order valence-corrected chi connectivity index (χ0v) is 16.2. The van der Waals surface area contributed by atoms with Gasteiger partial charge in [0.25, 0.3) is 0 Å². The van der Waals surface area contributed by atoms with E-state index in [9.17, 15) is 18.0 Å². The number of alkyl halides is 3. The summed E-state index contributed by atoms with van der Waals surface area (Å²) < 4.78 is 39.4. The van der Waals surface area contributed by atoms with Crippen LogP contribution in [0.4, 0.5) is 35.3 Å². The molecule has 1 saturated heterocycles. The topological polar surface area (TPSA) is 74.2 Å².